The Hall–Kier alpha value is -0.380. The Morgan fingerprint density at radius 2 is 2.25 bits per heavy atom. The highest BCUT2D eigenvalue weighted by Gasteiger charge is 2.08. The van der Waals surface area contributed by atoms with Crippen LogP contribution in [0.5, 0.6) is 0 Å². The van der Waals surface area contributed by atoms with Crippen molar-refractivity contribution in [2.24, 2.45) is 5.73 Å². The summed E-state index contributed by atoms with van der Waals surface area (Å²) >= 11 is 0. The summed E-state index contributed by atoms with van der Waals surface area (Å²) in [5, 5.41) is 0. The fourth-order valence-corrected chi connectivity index (χ4v) is 0.942. The average molecular weight is 172 g/mol. The van der Waals surface area contributed by atoms with Crippen molar-refractivity contribution in [1.82, 2.24) is 4.90 Å². The summed E-state index contributed by atoms with van der Waals surface area (Å²) in [5.74, 6) is 0. The van der Waals surface area contributed by atoms with Gasteiger partial charge in [-0.05, 0) is 19.5 Å². The Bertz CT molecular complexity index is 136. The van der Waals surface area contributed by atoms with E-state index >= 15 is 0 Å². The summed E-state index contributed by atoms with van der Waals surface area (Å²) in [4.78, 5) is 2.18. The van der Waals surface area contributed by atoms with E-state index < -0.39 is 0 Å². The molecule has 0 aliphatic heterocycles. The van der Waals surface area contributed by atoms with Gasteiger partial charge in [-0.1, -0.05) is 6.58 Å². The lowest BCUT2D eigenvalue weighted by atomic mass is 10.2. The Kier molecular flexibility index (Phi) is 5.98. The van der Waals surface area contributed by atoms with Crippen LogP contribution in [0.3, 0.4) is 0 Å². The van der Waals surface area contributed by atoms with E-state index in [2.05, 4.69) is 18.4 Å². The van der Waals surface area contributed by atoms with Crippen LogP contribution in [0.15, 0.2) is 12.2 Å². The summed E-state index contributed by atoms with van der Waals surface area (Å²) in [6.07, 6.45) is 0. The van der Waals surface area contributed by atoms with Crippen LogP contribution in [0.4, 0.5) is 0 Å². The molecule has 0 aromatic heterocycles. The summed E-state index contributed by atoms with van der Waals surface area (Å²) in [6.45, 7) is 8.12. The predicted molar refractivity (Wildman–Crippen MR) is 52.2 cm³/mol. The maximum absolute atomic E-state index is 5.44. The van der Waals surface area contributed by atoms with Gasteiger partial charge in [-0.15, -0.1) is 0 Å². The van der Waals surface area contributed by atoms with E-state index in [-0.39, 0.29) is 0 Å². The predicted octanol–water partition coefficient (Wildman–Crippen LogP) is 0.468. The van der Waals surface area contributed by atoms with Crippen molar-refractivity contribution < 1.29 is 4.74 Å². The molecule has 0 aromatic rings. The normalized spacial score (nSPS) is 13.4. The van der Waals surface area contributed by atoms with Crippen molar-refractivity contribution in [3.8, 4) is 0 Å². The highest BCUT2D eigenvalue weighted by molar-refractivity contribution is 4.98. The van der Waals surface area contributed by atoms with Gasteiger partial charge in [-0.2, -0.15) is 0 Å². The first kappa shape index (κ1) is 11.6. The molecule has 3 nitrogen and oxygen atoms in total. The number of methoxy groups -OCH3 is 1. The molecular formula is C9H20N2O. The SMILES string of the molecule is C=C(CN)CN(C)C(C)COC. The molecule has 0 rings (SSSR count). The van der Waals surface area contributed by atoms with Crippen LogP contribution in [0, 0.1) is 0 Å². The third kappa shape index (κ3) is 4.49. The first-order chi connectivity index (χ1) is 5.61. The molecule has 0 aliphatic rings. The highest BCUT2D eigenvalue weighted by Crippen LogP contribution is 1.99. The Balaban J connectivity index is 3.69. The summed E-state index contributed by atoms with van der Waals surface area (Å²) in [5.41, 5.74) is 6.49. The van der Waals surface area contributed by atoms with Gasteiger partial charge in [0.05, 0.1) is 6.61 Å². The van der Waals surface area contributed by atoms with Gasteiger partial charge in [0, 0.05) is 26.2 Å². The fourth-order valence-electron chi connectivity index (χ4n) is 0.942. The molecule has 3 heteroatoms. The van der Waals surface area contributed by atoms with Crippen molar-refractivity contribution in [2.75, 3.05) is 33.9 Å². The third-order valence-corrected chi connectivity index (χ3v) is 1.92. The molecule has 0 heterocycles. The summed E-state index contributed by atoms with van der Waals surface area (Å²) in [6, 6.07) is 0.415. The van der Waals surface area contributed by atoms with E-state index in [9.17, 15) is 0 Å². The topological polar surface area (TPSA) is 38.5 Å². The van der Waals surface area contributed by atoms with Gasteiger partial charge in [0.15, 0.2) is 0 Å². The standard InChI is InChI=1S/C9H20N2O/c1-8(5-10)6-11(3)9(2)7-12-4/h9H,1,5-7,10H2,2-4H3. The minimum atomic E-state index is 0.415. The molecule has 0 saturated carbocycles. The zero-order chi connectivity index (χ0) is 9.56. The number of rotatable bonds is 6. The molecule has 0 amide bonds. The molecule has 2 N–H and O–H groups in total. The molecule has 0 aliphatic carbocycles. The van der Waals surface area contributed by atoms with E-state index in [0.717, 1.165) is 18.7 Å². The lowest BCUT2D eigenvalue weighted by molar-refractivity contribution is 0.120. The summed E-state index contributed by atoms with van der Waals surface area (Å²) in [7, 11) is 3.76. The van der Waals surface area contributed by atoms with Gasteiger partial charge in [0.1, 0.15) is 0 Å². The Labute approximate surface area is 75.2 Å². The zero-order valence-electron chi connectivity index (χ0n) is 8.34. The number of hydrogen-bond acceptors (Lipinski definition) is 3. The maximum atomic E-state index is 5.44. The van der Waals surface area contributed by atoms with Crippen LogP contribution < -0.4 is 5.73 Å². The highest BCUT2D eigenvalue weighted by atomic mass is 16.5. The number of hydrogen-bond donors (Lipinski definition) is 1. The van der Waals surface area contributed by atoms with Crippen molar-refractivity contribution in [3.63, 3.8) is 0 Å². The molecule has 0 saturated heterocycles. The van der Waals surface area contributed by atoms with E-state index in [1.165, 1.54) is 0 Å². The van der Waals surface area contributed by atoms with Crippen molar-refractivity contribution in [1.29, 1.82) is 0 Å². The molecule has 0 spiro atoms. The number of nitrogens with two attached hydrogens (primary N) is 1. The molecule has 12 heavy (non-hydrogen) atoms. The van der Waals surface area contributed by atoms with Gasteiger partial charge in [0.25, 0.3) is 0 Å². The van der Waals surface area contributed by atoms with Crippen LogP contribution in [0.1, 0.15) is 6.92 Å². The molecular weight excluding hydrogens is 152 g/mol. The number of nitrogens with zero attached hydrogens (tertiary/aromatic N) is 1. The van der Waals surface area contributed by atoms with Gasteiger partial charge in [-0.3, -0.25) is 4.90 Å². The second-order valence-corrected chi connectivity index (χ2v) is 3.17. The third-order valence-electron chi connectivity index (χ3n) is 1.92. The van der Waals surface area contributed by atoms with Gasteiger partial charge in [0.2, 0.25) is 0 Å². The fraction of sp³-hybridized carbons (Fsp3) is 0.778. The summed E-state index contributed by atoms with van der Waals surface area (Å²) < 4.78 is 5.04. The number of ether oxygens (including phenoxy) is 1. The monoisotopic (exact) mass is 172 g/mol. The molecule has 0 fully saturated rings. The van der Waals surface area contributed by atoms with Crippen LogP contribution in [-0.2, 0) is 4.74 Å². The zero-order valence-corrected chi connectivity index (χ0v) is 8.34. The quantitative estimate of drug-likeness (QED) is 0.592. The smallest absolute Gasteiger partial charge is 0.0615 e. The number of likely N-dealkylation sites (N-methyl/N-ethyl adjacent to an activating group) is 1. The van der Waals surface area contributed by atoms with E-state index in [4.69, 9.17) is 10.5 Å². The molecule has 1 unspecified atom stereocenters. The van der Waals surface area contributed by atoms with E-state index in [1.54, 1.807) is 7.11 Å². The van der Waals surface area contributed by atoms with Crippen LogP contribution in [0.2, 0.25) is 0 Å². The van der Waals surface area contributed by atoms with Crippen molar-refractivity contribution >= 4 is 0 Å². The Morgan fingerprint density at radius 3 is 2.67 bits per heavy atom. The lowest BCUT2D eigenvalue weighted by Gasteiger charge is -2.24. The molecule has 0 radical (unpaired) electrons. The van der Waals surface area contributed by atoms with Gasteiger partial charge in [-0.25, -0.2) is 0 Å². The van der Waals surface area contributed by atoms with Gasteiger partial charge >= 0.3 is 0 Å². The minimum absolute atomic E-state index is 0.415. The van der Waals surface area contributed by atoms with Crippen LogP contribution in [0.25, 0.3) is 0 Å². The molecule has 0 aromatic carbocycles. The molecule has 72 valence electrons. The molecule has 1 atom stereocenters. The maximum Gasteiger partial charge on any atom is 0.0615 e. The van der Waals surface area contributed by atoms with Crippen LogP contribution >= 0.6 is 0 Å². The first-order valence-corrected chi connectivity index (χ1v) is 4.17. The Morgan fingerprint density at radius 1 is 1.67 bits per heavy atom. The van der Waals surface area contributed by atoms with Crippen molar-refractivity contribution in [2.45, 2.75) is 13.0 Å². The lowest BCUT2D eigenvalue weighted by Crippen LogP contribution is -2.35. The second-order valence-electron chi connectivity index (χ2n) is 3.17. The first-order valence-electron chi connectivity index (χ1n) is 4.17. The second kappa shape index (κ2) is 6.17. The van der Waals surface area contributed by atoms with Crippen LogP contribution in [-0.4, -0.2) is 44.8 Å². The largest absolute Gasteiger partial charge is 0.383 e. The molecule has 0 bridgehead atoms. The average Bonchev–Trinajstić information content (AvgIpc) is 2.04. The minimum Gasteiger partial charge on any atom is -0.383 e. The van der Waals surface area contributed by atoms with E-state index in [1.807, 2.05) is 7.05 Å². The van der Waals surface area contributed by atoms with E-state index in [0.29, 0.717) is 12.6 Å². The van der Waals surface area contributed by atoms with Crippen molar-refractivity contribution in [3.05, 3.63) is 12.2 Å². The van der Waals surface area contributed by atoms with Gasteiger partial charge < -0.3 is 10.5 Å².